The zero-order valence-corrected chi connectivity index (χ0v) is 33.6. The molecule has 2 fully saturated rings. The number of likely N-dealkylation sites (tertiary alicyclic amines) is 1. The summed E-state index contributed by atoms with van der Waals surface area (Å²) < 4.78 is 56.8. The predicted molar refractivity (Wildman–Crippen MR) is 200 cm³/mol. The van der Waals surface area contributed by atoms with E-state index in [0.29, 0.717) is 45.3 Å². The Labute approximate surface area is 296 Å². The molecule has 0 aromatic heterocycles. The van der Waals surface area contributed by atoms with E-state index in [9.17, 15) is 18.0 Å². The Kier molecular flexibility index (Phi) is 12.5. The Balaban J connectivity index is 1.57. The molecule has 1 saturated heterocycles. The Hall–Kier alpha value is -1.95. The summed E-state index contributed by atoms with van der Waals surface area (Å²) in [5.74, 6) is -1.55. The highest BCUT2D eigenvalue weighted by atomic mass is 28.4. The fourth-order valence-electron chi connectivity index (χ4n) is 8.76. The van der Waals surface area contributed by atoms with Gasteiger partial charge >= 0.3 is 12.1 Å². The zero-order chi connectivity index (χ0) is 36.3. The standard InChI is InChI=1S/C40H62F3NO3Si2/c1-31(26-30-47-49(38(5,6)7,33-21-12-10-13-22-33)34-23-14-11-15-24-34)35-25-17-28-39(35)27-16-19-32(44(39)36(45)40(41,42)43)20-18-29-46-48(8,9)37(2,3)4/h10-15,21-24,31-32,35H,16-20,25-30H2,1-9H3/t31-,32+,35+,39+/m0/s1. The van der Waals surface area contributed by atoms with Crippen molar-refractivity contribution in [1.29, 1.82) is 0 Å². The first kappa shape index (κ1) is 39.8. The molecular weight excluding hydrogens is 656 g/mol. The molecule has 2 aliphatic rings. The zero-order valence-electron chi connectivity index (χ0n) is 31.6. The van der Waals surface area contributed by atoms with Crippen molar-refractivity contribution in [3.63, 3.8) is 0 Å². The molecule has 1 heterocycles. The fraction of sp³-hybridized carbons (Fsp3) is 0.675. The molecule has 49 heavy (non-hydrogen) atoms. The number of halogens is 3. The van der Waals surface area contributed by atoms with Gasteiger partial charge in [-0.2, -0.15) is 13.2 Å². The molecule has 0 N–H and O–H groups in total. The van der Waals surface area contributed by atoms with Gasteiger partial charge in [0.1, 0.15) is 0 Å². The Morgan fingerprint density at radius 3 is 1.86 bits per heavy atom. The molecule has 4 rings (SSSR count). The van der Waals surface area contributed by atoms with Crippen LogP contribution >= 0.6 is 0 Å². The molecule has 0 unspecified atom stereocenters. The number of benzene rings is 2. The molecule has 2 aromatic carbocycles. The summed E-state index contributed by atoms with van der Waals surface area (Å²) in [5, 5.41) is 2.34. The normalized spacial score (nSPS) is 23.2. The number of hydrogen-bond acceptors (Lipinski definition) is 3. The van der Waals surface area contributed by atoms with Gasteiger partial charge in [0.15, 0.2) is 8.32 Å². The Morgan fingerprint density at radius 2 is 1.37 bits per heavy atom. The van der Waals surface area contributed by atoms with Crippen LogP contribution in [0.3, 0.4) is 0 Å². The summed E-state index contributed by atoms with van der Waals surface area (Å²) in [6.45, 7) is 21.0. The molecule has 1 amide bonds. The van der Waals surface area contributed by atoms with Crippen molar-refractivity contribution >= 4 is 32.9 Å². The average Bonchev–Trinajstić information content (AvgIpc) is 3.43. The van der Waals surface area contributed by atoms with Crippen molar-refractivity contribution in [2.45, 2.75) is 147 Å². The van der Waals surface area contributed by atoms with E-state index in [4.69, 9.17) is 8.85 Å². The summed E-state index contributed by atoms with van der Waals surface area (Å²) in [6, 6.07) is 20.7. The van der Waals surface area contributed by atoms with Crippen molar-refractivity contribution < 1.29 is 26.8 Å². The van der Waals surface area contributed by atoms with E-state index in [1.54, 1.807) is 0 Å². The molecule has 4 atom stereocenters. The number of carbonyl (C=O) groups is 1. The molecule has 4 nitrogen and oxygen atoms in total. The topological polar surface area (TPSA) is 38.8 Å². The van der Waals surface area contributed by atoms with E-state index in [2.05, 4.69) is 110 Å². The van der Waals surface area contributed by atoms with Crippen LogP contribution in [0.15, 0.2) is 60.7 Å². The Morgan fingerprint density at radius 1 is 0.837 bits per heavy atom. The number of amides is 1. The van der Waals surface area contributed by atoms with Gasteiger partial charge in [0.25, 0.3) is 8.32 Å². The molecule has 9 heteroatoms. The summed E-state index contributed by atoms with van der Waals surface area (Å²) in [6.07, 6.45) is 1.43. The monoisotopic (exact) mass is 717 g/mol. The van der Waals surface area contributed by atoms with Crippen molar-refractivity contribution in [2.75, 3.05) is 13.2 Å². The predicted octanol–water partition coefficient (Wildman–Crippen LogP) is 9.87. The molecule has 2 aromatic rings. The van der Waals surface area contributed by atoms with E-state index in [0.717, 1.165) is 25.7 Å². The van der Waals surface area contributed by atoms with Gasteiger partial charge < -0.3 is 13.8 Å². The van der Waals surface area contributed by atoms with Gasteiger partial charge in [0.2, 0.25) is 0 Å². The van der Waals surface area contributed by atoms with Gasteiger partial charge in [-0.05, 0) is 96.7 Å². The largest absolute Gasteiger partial charge is 0.471 e. The summed E-state index contributed by atoms with van der Waals surface area (Å²) >= 11 is 0. The highest BCUT2D eigenvalue weighted by Crippen LogP contribution is 2.53. The lowest BCUT2D eigenvalue weighted by molar-refractivity contribution is -0.201. The van der Waals surface area contributed by atoms with Gasteiger partial charge in [-0.25, -0.2) is 0 Å². The SMILES string of the molecule is C[C@@H](CCO[Si](c1ccccc1)(c1ccccc1)C(C)(C)C)[C@H]1CCC[C@]12CCC[C@H](CCCO[Si](C)(C)C(C)(C)C)N2C(=O)C(F)(F)F. The number of alkyl halides is 3. The van der Waals surface area contributed by atoms with Crippen molar-refractivity contribution in [3.8, 4) is 0 Å². The van der Waals surface area contributed by atoms with Gasteiger partial charge in [0, 0.05) is 24.8 Å². The van der Waals surface area contributed by atoms with Crippen LogP contribution in [0.5, 0.6) is 0 Å². The van der Waals surface area contributed by atoms with Crippen LogP contribution in [-0.2, 0) is 13.6 Å². The minimum Gasteiger partial charge on any atom is -0.417 e. The van der Waals surface area contributed by atoms with Crippen molar-refractivity contribution in [2.24, 2.45) is 11.8 Å². The highest BCUT2D eigenvalue weighted by Gasteiger charge is 2.59. The molecule has 0 bridgehead atoms. The number of piperidine rings is 1. The quantitative estimate of drug-likeness (QED) is 0.162. The van der Waals surface area contributed by atoms with Gasteiger partial charge in [-0.1, -0.05) is 116 Å². The molecule has 274 valence electrons. The highest BCUT2D eigenvalue weighted by molar-refractivity contribution is 6.99. The van der Waals surface area contributed by atoms with Crippen LogP contribution in [0.1, 0.15) is 106 Å². The number of hydrogen-bond donors (Lipinski definition) is 0. The maximum atomic E-state index is 14.4. The average molecular weight is 718 g/mol. The first-order valence-corrected chi connectivity index (χ1v) is 23.4. The third-order valence-electron chi connectivity index (χ3n) is 12.2. The van der Waals surface area contributed by atoms with Crippen LogP contribution in [0.4, 0.5) is 13.2 Å². The van der Waals surface area contributed by atoms with Gasteiger partial charge in [-0.3, -0.25) is 4.79 Å². The second kappa shape index (κ2) is 15.3. The van der Waals surface area contributed by atoms with Gasteiger partial charge in [-0.15, -0.1) is 0 Å². The summed E-state index contributed by atoms with van der Waals surface area (Å²) in [4.78, 5) is 14.8. The fourth-order valence-corrected chi connectivity index (χ4v) is 14.4. The third-order valence-corrected chi connectivity index (χ3v) is 21.8. The number of nitrogens with zero attached hydrogens (tertiary/aromatic N) is 1. The van der Waals surface area contributed by atoms with Gasteiger partial charge in [0.05, 0.1) is 0 Å². The third kappa shape index (κ3) is 8.42. The second-order valence-corrected chi connectivity index (χ2v) is 26.5. The van der Waals surface area contributed by atoms with Crippen LogP contribution in [0.25, 0.3) is 0 Å². The number of rotatable bonds is 12. The van der Waals surface area contributed by atoms with Crippen LogP contribution < -0.4 is 10.4 Å². The molecule has 0 radical (unpaired) electrons. The molecule has 1 aliphatic carbocycles. The van der Waals surface area contributed by atoms with E-state index in [1.165, 1.54) is 15.3 Å². The van der Waals surface area contributed by atoms with E-state index >= 15 is 0 Å². The maximum absolute atomic E-state index is 14.4. The molecule has 1 spiro atoms. The molecule has 1 saturated carbocycles. The molecular formula is C40H62F3NO3Si2. The lowest BCUT2D eigenvalue weighted by atomic mass is 9.70. The van der Waals surface area contributed by atoms with Crippen molar-refractivity contribution in [1.82, 2.24) is 4.90 Å². The Bertz CT molecular complexity index is 1320. The maximum Gasteiger partial charge on any atom is 0.471 e. The van der Waals surface area contributed by atoms with E-state index in [1.807, 2.05) is 12.1 Å². The lowest BCUT2D eigenvalue weighted by Crippen LogP contribution is -2.66. The second-order valence-electron chi connectivity index (χ2n) is 17.3. The van der Waals surface area contributed by atoms with E-state index in [-0.39, 0.29) is 21.9 Å². The van der Waals surface area contributed by atoms with Crippen LogP contribution in [-0.4, -0.2) is 58.4 Å². The number of carbonyl (C=O) groups excluding carboxylic acids is 1. The first-order chi connectivity index (χ1) is 22.8. The minimum atomic E-state index is -4.90. The minimum absolute atomic E-state index is 0.00663. The summed E-state index contributed by atoms with van der Waals surface area (Å²) in [7, 11) is -4.71. The summed E-state index contributed by atoms with van der Waals surface area (Å²) in [5.41, 5.74) is -0.771. The lowest BCUT2D eigenvalue weighted by Gasteiger charge is -2.54. The first-order valence-electron chi connectivity index (χ1n) is 18.6. The smallest absolute Gasteiger partial charge is 0.417 e. The van der Waals surface area contributed by atoms with Crippen LogP contribution in [0, 0.1) is 11.8 Å². The molecule has 1 aliphatic heterocycles. The van der Waals surface area contributed by atoms with E-state index < -0.39 is 40.3 Å². The van der Waals surface area contributed by atoms with Crippen LogP contribution in [0.2, 0.25) is 23.2 Å². The van der Waals surface area contributed by atoms with Crippen molar-refractivity contribution in [3.05, 3.63) is 60.7 Å².